The van der Waals surface area contributed by atoms with Crippen molar-refractivity contribution in [3.63, 3.8) is 0 Å². The number of hydrogen-bond donors (Lipinski definition) is 2. The number of aromatic nitrogens is 2. The molecule has 98 valence electrons. The lowest BCUT2D eigenvalue weighted by molar-refractivity contribution is -0.0203. The normalized spacial score (nSPS) is 24.2. The minimum atomic E-state index is -2.64. The third kappa shape index (κ3) is 3.11. The molecule has 1 unspecified atom stereocenters. The molecule has 2 rings (SSSR count). The number of aromatic amines is 1. The summed E-state index contributed by atoms with van der Waals surface area (Å²) in [6.07, 6.45) is 1.72. The Balaban J connectivity index is 2.02. The number of nitrogens with zero attached hydrogens (tertiary/aromatic N) is 1. The molecule has 0 aromatic carbocycles. The molecule has 1 aliphatic rings. The van der Waals surface area contributed by atoms with Crippen molar-refractivity contribution in [3.8, 4) is 0 Å². The highest BCUT2D eigenvalue weighted by molar-refractivity contribution is 7.32. The lowest BCUT2D eigenvalue weighted by Crippen LogP contribution is -2.31. The Morgan fingerprint density at radius 2 is 2.33 bits per heavy atom. The van der Waals surface area contributed by atoms with Crippen molar-refractivity contribution >= 4 is 8.25 Å². The zero-order valence-corrected chi connectivity index (χ0v) is 10.2. The van der Waals surface area contributed by atoms with E-state index in [2.05, 4.69) is 9.51 Å². The smallest absolute Gasteiger partial charge is 0.352 e. The summed E-state index contributed by atoms with van der Waals surface area (Å²) >= 11 is 0. The molecule has 2 N–H and O–H groups in total. The van der Waals surface area contributed by atoms with Gasteiger partial charge in [0.15, 0.2) is 0 Å². The first-order valence-electron chi connectivity index (χ1n) is 5.32. The predicted molar refractivity (Wildman–Crippen MR) is 60.2 cm³/mol. The molecular formula is C9H12N2O6P+. The SMILES string of the molecule is O=c1ccn([C@H]2CC[C@@H](CO[P+](=O)O)O2)c(=O)[nH]1. The van der Waals surface area contributed by atoms with E-state index >= 15 is 0 Å². The summed E-state index contributed by atoms with van der Waals surface area (Å²) in [5.74, 6) is 0. The lowest BCUT2D eigenvalue weighted by atomic mass is 10.2. The molecular weight excluding hydrogens is 263 g/mol. The van der Waals surface area contributed by atoms with Crippen LogP contribution in [0, 0.1) is 0 Å². The van der Waals surface area contributed by atoms with Gasteiger partial charge in [-0.15, -0.1) is 9.42 Å². The van der Waals surface area contributed by atoms with E-state index in [-0.39, 0.29) is 12.7 Å². The second-order valence-electron chi connectivity index (χ2n) is 3.84. The van der Waals surface area contributed by atoms with Gasteiger partial charge in [-0.05, 0) is 12.8 Å². The predicted octanol–water partition coefficient (Wildman–Crippen LogP) is -0.120. The van der Waals surface area contributed by atoms with Crippen LogP contribution in [0.25, 0.3) is 0 Å². The number of H-pyrrole nitrogens is 1. The summed E-state index contributed by atoms with van der Waals surface area (Å²) in [6, 6.07) is 1.24. The highest BCUT2D eigenvalue weighted by atomic mass is 31.1. The Hall–Kier alpha value is -1.34. The molecule has 18 heavy (non-hydrogen) atoms. The van der Waals surface area contributed by atoms with Gasteiger partial charge < -0.3 is 4.74 Å². The van der Waals surface area contributed by atoms with Crippen LogP contribution >= 0.6 is 8.25 Å². The second-order valence-corrected chi connectivity index (χ2v) is 4.57. The maximum atomic E-state index is 11.5. The minimum absolute atomic E-state index is 0.000305. The van der Waals surface area contributed by atoms with E-state index in [1.165, 1.54) is 16.8 Å². The van der Waals surface area contributed by atoms with Crippen LogP contribution in [0.1, 0.15) is 19.1 Å². The third-order valence-corrected chi connectivity index (χ3v) is 2.99. The van der Waals surface area contributed by atoms with Gasteiger partial charge in [0.2, 0.25) is 0 Å². The van der Waals surface area contributed by atoms with Gasteiger partial charge in [-0.25, -0.2) is 4.79 Å². The molecule has 0 amide bonds. The van der Waals surface area contributed by atoms with Gasteiger partial charge in [0, 0.05) is 16.8 Å². The molecule has 0 bridgehead atoms. The molecule has 9 heteroatoms. The first-order chi connectivity index (χ1) is 8.56. The van der Waals surface area contributed by atoms with Crippen LogP contribution in [0.5, 0.6) is 0 Å². The van der Waals surface area contributed by atoms with Crippen LogP contribution in [0.2, 0.25) is 0 Å². The van der Waals surface area contributed by atoms with Crippen LogP contribution in [0.15, 0.2) is 21.9 Å². The van der Waals surface area contributed by atoms with Crippen LogP contribution < -0.4 is 11.2 Å². The van der Waals surface area contributed by atoms with Crippen molar-refractivity contribution in [3.05, 3.63) is 33.1 Å². The van der Waals surface area contributed by atoms with Crippen LogP contribution in [0.4, 0.5) is 0 Å². The maximum absolute atomic E-state index is 11.5. The van der Waals surface area contributed by atoms with E-state index in [0.717, 1.165) is 0 Å². The van der Waals surface area contributed by atoms with Crippen LogP contribution in [-0.4, -0.2) is 27.2 Å². The Kier molecular flexibility index (Phi) is 4.03. The van der Waals surface area contributed by atoms with Crippen molar-refractivity contribution in [1.82, 2.24) is 9.55 Å². The van der Waals surface area contributed by atoms with Gasteiger partial charge in [0.05, 0.1) is 6.10 Å². The highest BCUT2D eigenvalue weighted by Crippen LogP contribution is 2.28. The Labute approximate surface area is 102 Å². The molecule has 1 aliphatic heterocycles. The molecule has 2 heterocycles. The van der Waals surface area contributed by atoms with Crippen molar-refractivity contribution < 1.29 is 18.7 Å². The van der Waals surface area contributed by atoms with Crippen molar-refractivity contribution in [2.45, 2.75) is 25.2 Å². The van der Waals surface area contributed by atoms with E-state index in [0.29, 0.717) is 12.8 Å². The van der Waals surface area contributed by atoms with Gasteiger partial charge in [-0.3, -0.25) is 14.3 Å². The number of ether oxygens (including phenoxy) is 1. The van der Waals surface area contributed by atoms with E-state index in [1.807, 2.05) is 0 Å². The van der Waals surface area contributed by atoms with Crippen LogP contribution in [-0.2, 0) is 13.8 Å². The molecule has 1 aromatic rings. The van der Waals surface area contributed by atoms with E-state index < -0.39 is 25.7 Å². The monoisotopic (exact) mass is 275 g/mol. The Morgan fingerprint density at radius 3 is 3.00 bits per heavy atom. The molecule has 1 saturated heterocycles. The van der Waals surface area contributed by atoms with Gasteiger partial charge >= 0.3 is 13.9 Å². The summed E-state index contributed by atoms with van der Waals surface area (Å²) < 4.78 is 21.7. The van der Waals surface area contributed by atoms with Gasteiger partial charge in [0.1, 0.15) is 12.8 Å². The molecule has 0 radical (unpaired) electrons. The summed E-state index contributed by atoms with van der Waals surface area (Å²) in [5.41, 5.74) is -1.01. The number of hydrogen-bond acceptors (Lipinski definition) is 5. The average Bonchev–Trinajstić information content (AvgIpc) is 2.75. The second kappa shape index (κ2) is 5.53. The van der Waals surface area contributed by atoms with Crippen molar-refractivity contribution in [2.24, 2.45) is 0 Å². The minimum Gasteiger partial charge on any atom is -0.352 e. The van der Waals surface area contributed by atoms with Gasteiger partial charge in [0.25, 0.3) is 5.56 Å². The van der Waals surface area contributed by atoms with Crippen molar-refractivity contribution in [2.75, 3.05) is 6.61 Å². The van der Waals surface area contributed by atoms with E-state index in [4.69, 9.17) is 9.63 Å². The summed E-state index contributed by atoms with van der Waals surface area (Å²) in [5, 5.41) is 0. The molecule has 0 spiro atoms. The standard InChI is InChI=1S/C9H11N2O6P/c12-7-3-4-11(9(13)10-7)8-2-1-6(17-8)5-16-18(14)15/h3-4,6,8H,1-2,5H2,(H-,10,12,13,14,15)/p+1/t6-,8+/m0/s1. The number of rotatable bonds is 4. The fourth-order valence-electron chi connectivity index (χ4n) is 1.81. The third-order valence-electron chi connectivity index (χ3n) is 2.62. The van der Waals surface area contributed by atoms with Gasteiger partial charge in [-0.2, -0.15) is 0 Å². The highest BCUT2D eigenvalue weighted by Gasteiger charge is 2.30. The Bertz CT molecular complexity index is 552. The summed E-state index contributed by atoms with van der Waals surface area (Å²) in [4.78, 5) is 33.1. The fraction of sp³-hybridized carbons (Fsp3) is 0.556. The zero-order chi connectivity index (χ0) is 13.1. The first kappa shape index (κ1) is 13.1. The summed E-state index contributed by atoms with van der Waals surface area (Å²) in [7, 11) is -2.64. The quantitative estimate of drug-likeness (QED) is 0.741. The van der Waals surface area contributed by atoms with E-state index in [9.17, 15) is 14.2 Å². The Morgan fingerprint density at radius 1 is 1.56 bits per heavy atom. The first-order valence-corrected chi connectivity index (χ1v) is 6.45. The largest absolute Gasteiger partial charge is 0.694 e. The molecule has 3 atom stereocenters. The molecule has 1 fully saturated rings. The van der Waals surface area contributed by atoms with E-state index in [1.54, 1.807) is 0 Å². The van der Waals surface area contributed by atoms with Crippen LogP contribution in [0.3, 0.4) is 0 Å². The lowest BCUT2D eigenvalue weighted by Gasteiger charge is -2.13. The summed E-state index contributed by atoms with van der Waals surface area (Å²) in [6.45, 7) is 0.000305. The molecule has 0 saturated carbocycles. The zero-order valence-electron chi connectivity index (χ0n) is 9.31. The molecule has 8 nitrogen and oxygen atoms in total. The van der Waals surface area contributed by atoms with Gasteiger partial charge in [-0.1, -0.05) is 0 Å². The topological polar surface area (TPSA) is 111 Å². The molecule has 0 aliphatic carbocycles. The number of nitrogens with one attached hydrogen (secondary N) is 1. The van der Waals surface area contributed by atoms with Crippen molar-refractivity contribution in [1.29, 1.82) is 0 Å². The fourth-order valence-corrected chi connectivity index (χ4v) is 2.11. The molecule has 1 aromatic heterocycles. The maximum Gasteiger partial charge on any atom is 0.694 e. The average molecular weight is 275 g/mol.